The largest absolute Gasteiger partial charge is 0.325 e. The summed E-state index contributed by atoms with van der Waals surface area (Å²) < 4.78 is 15.3. The summed E-state index contributed by atoms with van der Waals surface area (Å²) in [5.41, 5.74) is 4.39. The molecule has 0 saturated carbocycles. The summed E-state index contributed by atoms with van der Waals surface area (Å²) in [5, 5.41) is 3.62. The zero-order valence-corrected chi connectivity index (χ0v) is 18.6. The van der Waals surface area contributed by atoms with E-state index in [1.165, 1.54) is 12.1 Å². The second kappa shape index (κ2) is 7.87. The summed E-state index contributed by atoms with van der Waals surface area (Å²) in [6.07, 6.45) is 5.39. The van der Waals surface area contributed by atoms with E-state index in [0.717, 1.165) is 39.8 Å². The number of hydrogen-bond acceptors (Lipinski definition) is 6. The van der Waals surface area contributed by atoms with Crippen molar-refractivity contribution < 1.29 is 4.39 Å². The van der Waals surface area contributed by atoms with Crippen molar-refractivity contribution >= 4 is 34.7 Å². The number of fused-ring (bicyclic) bond motifs is 1. The lowest BCUT2D eigenvalue weighted by atomic mass is 10.1. The van der Waals surface area contributed by atoms with Gasteiger partial charge in [-0.2, -0.15) is 4.98 Å². The molecule has 0 amide bonds. The van der Waals surface area contributed by atoms with Crippen molar-refractivity contribution in [3.8, 4) is 5.82 Å². The fraction of sp³-hybridized carbons (Fsp3) is 0.217. The van der Waals surface area contributed by atoms with E-state index in [-0.39, 0.29) is 11.7 Å². The number of hydrogen-bond donors (Lipinski definition) is 1. The quantitative estimate of drug-likeness (QED) is 0.417. The Bertz CT molecular complexity index is 1300. The van der Waals surface area contributed by atoms with Crippen LogP contribution in [-0.4, -0.2) is 31.0 Å². The summed E-state index contributed by atoms with van der Waals surface area (Å²) in [4.78, 5) is 20.0. The predicted molar refractivity (Wildman–Crippen MR) is 123 cm³/mol. The third-order valence-electron chi connectivity index (χ3n) is 5.49. The molecular formula is C23H21ClFN7. The number of benzene rings is 1. The van der Waals surface area contributed by atoms with Gasteiger partial charge >= 0.3 is 0 Å². The van der Waals surface area contributed by atoms with Crippen LogP contribution in [0.5, 0.6) is 0 Å². The molecule has 0 spiro atoms. The van der Waals surface area contributed by atoms with E-state index in [2.05, 4.69) is 27.2 Å². The second-order valence-corrected chi connectivity index (χ2v) is 8.33. The van der Waals surface area contributed by atoms with Crippen molar-refractivity contribution in [1.29, 1.82) is 0 Å². The van der Waals surface area contributed by atoms with Gasteiger partial charge in [0.25, 0.3) is 0 Å². The zero-order valence-electron chi connectivity index (χ0n) is 17.8. The molecule has 9 heteroatoms. The van der Waals surface area contributed by atoms with Crippen LogP contribution in [-0.2, 0) is 0 Å². The third kappa shape index (κ3) is 3.67. The predicted octanol–water partition coefficient (Wildman–Crippen LogP) is 5.47. The van der Waals surface area contributed by atoms with Crippen molar-refractivity contribution in [3.05, 3.63) is 76.8 Å². The van der Waals surface area contributed by atoms with E-state index in [0.29, 0.717) is 17.6 Å². The van der Waals surface area contributed by atoms with E-state index in [9.17, 15) is 4.39 Å². The first-order valence-corrected chi connectivity index (χ1v) is 10.6. The monoisotopic (exact) mass is 449 g/mol. The van der Waals surface area contributed by atoms with Gasteiger partial charge in [-0.25, -0.2) is 19.3 Å². The third-order valence-corrected chi connectivity index (χ3v) is 5.77. The average Bonchev–Trinajstić information content (AvgIpc) is 3.32. The molecule has 0 radical (unpaired) electrons. The molecule has 0 bridgehead atoms. The lowest BCUT2D eigenvalue weighted by molar-refractivity contribution is 0.627. The van der Waals surface area contributed by atoms with Crippen LogP contribution in [0.15, 0.2) is 49.1 Å². The van der Waals surface area contributed by atoms with Crippen LogP contribution in [0.4, 0.5) is 27.5 Å². The fourth-order valence-corrected chi connectivity index (χ4v) is 4.34. The van der Waals surface area contributed by atoms with Gasteiger partial charge in [0.1, 0.15) is 28.9 Å². The van der Waals surface area contributed by atoms with Crippen LogP contribution < -0.4 is 10.2 Å². The maximum absolute atomic E-state index is 13.4. The summed E-state index contributed by atoms with van der Waals surface area (Å²) in [5.74, 6) is 1.78. The Morgan fingerprint density at radius 3 is 2.56 bits per heavy atom. The normalized spacial score (nSPS) is 15.2. The summed E-state index contributed by atoms with van der Waals surface area (Å²) in [6.45, 7) is 6.69. The minimum atomic E-state index is -0.276. The summed E-state index contributed by atoms with van der Waals surface area (Å²) >= 11 is 6.55. The van der Waals surface area contributed by atoms with E-state index in [4.69, 9.17) is 16.6 Å². The Hall–Kier alpha value is -3.52. The molecule has 1 aromatic carbocycles. The SMILES string of the molecule is Cc1cn(-c2ncc(Nc3nc(Cl)c4c(n3)N(c3ccc(F)cc3)CC4C)cc2C)cn1. The first-order valence-electron chi connectivity index (χ1n) is 10.2. The van der Waals surface area contributed by atoms with E-state index in [1.807, 2.05) is 35.6 Å². The number of rotatable bonds is 4. The van der Waals surface area contributed by atoms with Gasteiger partial charge < -0.3 is 10.2 Å². The highest BCUT2D eigenvalue weighted by Crippen LogP contribution is 2.43. The fourth-order valence-electron chi connectivity index (χ4n) is 3.99. The van der Waals surface area contributed by atoms with Gasteiger partial charge in [-0.1, -0.05) is 18.5 Å². The molecule has 162 valence electrons. The highest BCUT2D eigenvalue weighted by Gasteiger charge is 2.32. The molecule has 1 atom stereocenters. The molecule has 1 unspecified atom stereocenters. The van der Waals surface area contributed by atoms with E-state index >= 15 is 0 Å². The molecule has 0 fully saturated rings. The highest BCUT2D eigenvalue weighted by atomic mass is 35.5. The maximum atomic E-state index is 13.4. The van der Waals surface area contributed by atoms with Gasteiger partial charge in [0.15, 0.2) is 0 Å². The van der Waals surface area contributed by atoms with Crippen molar-refractivity contribution in [2.45, 2.75) is 26.7 Å². The van der Waals surface area contributed by atoms with Crippen LogP contribution >= 0.6 is 11.6 Å². The number of halogens is 2. The van der Waals surface area contributed by atoms with Gasteiger partial charge in [-0.05, 0) is 49.7 Å². The number of anilines is 4. The molecule has 4 heterocycles. The van der Waals surface area contributed by atoms with Crippen LogP contribution in [0.3, 0.4) is 0 Å². The van der Waals surface area contributed by atoms with Gasteiger partial charge in [0.05, 0.1) is 17.6 Å². The smallest absolute Gasteiger partial charge is 0.230 e. The molecule has 0 saturated heterocycles. The summed E-state index contributed by atoms with van der Waals surface area (Å²) in [7, 11) is 0. The Kier molecular flexibility index (Phi) is 5.01. The van der Waals surface area contributed by atoms with Crippen molar-refractivity contribution in [3.63, 3.8) is 0 Å². The molecule has 7 nitrogen and oxygen atoms in total. The topological polar surface area (TPSA) is 71.8 Å². The second-order valence-electron chi connectivity index (χ2n) is 7.98. The van der Waals surface area contributed by atoms with Gasteiger partial charge in [-0.3, -0.25) is 4.57 Å². The first kappa shape index (κ1) is 20.4. The minimum absolute atomic E-state index is 0.151. The molecule has 32 heavy (non-hydrogen) atoms. The molecule has 3 aromatic heterocycles. The highest BCUT2D eigenvalue weighted by molar-refractivity contribution is 6.30. The zero-order chi connectivity index (χ0) is 22.4. The molecule has 1 N–H and O–H groups in total. The van der Waals surface area contributed by atoms with Crippen molar-refractivity contribution in [1.82, 2.24) is 24.5 Å². The number of nitrogens with zero attached hydrogens (tertiary/aromatic N) is 6. The number of aromatic nitrogens is 5. The van der Waals surface area contributed by atoms with Crippen LogP contribution in [0, 0.1) is 19.7 Å². The molecular weight excluding hydrogens is 429 g/mol. The maximum Gasteiger partial charge on any atom is 0.230 e. The molecule has 1 aliphatic rings. The average molecular weight is 450 g/mol. The number of nitrogens with one attached hydrogen (secondary N) is 1. The van der Waals surface area contributed by atoms with E-state index < -0.39 is 0 Å². The van der Waals surface area contributed by atoms with E-state index in [1.54, 1.807) is 24.7 Å². The molecule has 1 aliphatic heterocycles. The molecule has 4 aromatic rings. The van der Waals surface area contributed by atoms with Gasteiger partial charge in [-0.15, -0.1) is 0 Å². The molecule has 0 aliphatic carbocycles. The van der Waals surface area contributed by atoms with Crippen LogP contribution in [0.25, 0.3) is 5.82 Å². The Balaban J connectivity index is 1.47. The Labute approximate surface area is 189 Å². The lowest BCUT2D eigenvalue weighted by Crippen LogP contribution is -2.15. The standard InChI is InChI=1S/C23H21ClFN7/c1-13-8-17(9-26-21(13)31-11-15(3)27-12-31)28-23-29-20(24)19-14(2)10-32(22(19)30-23)18-6-4-16(25)5-7-18/h4-9,11-12,14H,10H2,1-3H3,(H,28,29,30). The molecule has 5 rings (SSSR count). The lowest BCUT2D eigenvalue weighted by Gasteiger charge is -2.19. The number of aryl methyl sites for hydroxylation is 2. The van der Waals surface area contributed by atoms with Crippen LogP contribution in [0.2, 0.25) is 5.15 Å². The van der Waals surface area contributed by atoms with Crippen molar-refractivity contribution in [2.75, 3.05) is 16.8 Å². The van der Waals surface area contributed by atoms with Crippen molar-refractivity contribution in [2.24, 2.45) is 0 Å². The van der Waals surface area contributed by atoms with Crippen LogP contribution in [0.1, 0.15) is 29.7 Å². The first-order chi connectivity index (χ1) is 15.4. The Morgan fingerprint density at radius 2 is 1.88 bits per heavy atom. The minimum Gasteiger partial charge on any atom is -0.325 e. The number of imidazole rings is 1. The van der Waals surface area contributed by atoms with Gasteiger partial charge in [0.2, 0.25) is 5.95 Å². The van der Waals surface area contributed by atoms with Gasteiger partial charge in [0, 0.05) is 29.9 Å². The number of pyridine rings is 1. The summed E-state index contributed by atoms with van der Waals surface area (Å²) in [6, 6.07) is 8.34. The Morgan fingerprint density at radius 1 is 1.09 bits per heavy atom.